The Hall–Kier alpha value is -4.35. The first kappa shape index (κ1) is 27.2. The van der Waals surface area contributed by atoms with E-state index in [1.165, 1.54) is 22.8 Å². The van der Waals surface area contributed by atoms with Gasteiger partial charge in [-0.1, -0.05) is 24.3 Å². The summed E-state index contributed by atoms with van der Waals surface area (Å²) in [6.45, 7) is -0.462. The largest absolute Gasteiger partial charge is 0.490 e. The van der Waals surface area contributed by atoms with Crippen molar-refractivity contribution in [2.24, 2.45) is 0 Å². The Balaban J connectivity index is 1.67. The molecule has 0 spiro atoms. The Bertz CT molecular complexity index is 1680. The van der Waals surface area contributed by atoms with Crippen LogP contribution in [0.3, 0.4) is 0 Å². The molecule has 0 N–H and O–H groups in total. The lowest BCUT2D eigenvalue weighted by Gasteiger charge is -2.25. The normalized spacial score (nSPS) is 13.3. The van der Waals surface area contributed by atoms with Crippen molar-refractivity contribution in [1.29, 1.82) is 0 Å². The molecule has 4 aromatic rings. The second-order valence-corrected chi connectivity index (χ2v) is 9.29. The molecule has 5 nitrogen and oxygen atoms in total. The Morgan fingerprint density at radius 2 is 1.60 bits per heavy atom. The number of nitrogens with zero attached hydrogens (tertiary/aromatic N) is 2. The second-order valence-electron chi connectivity index (χ2n) is 9.29. The maximum atomic E-state index is 14.2. The minimum atomic E-state index is -5.07. The van der Waals surface area contributed by atoms with Gasteiger partial charge in [-0.3, -0.25) is 9.59 Å². The van der Waals surface area contributed by atoms with Gasteiger partial charge in [0.05, 0.1) is 23.2 Å². The van der Waals surface area contributed by atoms with E-state index < -0.39 is 58.4 Å². The summed E-state index contributed by atoms with van der Waals surface area (Å²) < 4.78 is 101. The van der Waals surface area contributed by atoms with Crippen molar-refractivity contribution in [2.45, 2.75) is 25.4 Å². The lowest BCUT2D eigenvalue weighted by Crippen LogP contribution is -2.37. The number of para-hydroxylation sites is 1. The molecule has 12 heteroatoms. The summed E-state index contributed by atoms with van der Waals surface area (Å²) in [5.74, 6) is -1.24. The van der Waals surface area contributed by atoms with Crippen molar-refractivity contribution in [3.8, 4) is 16.9 Å². The van der Waals surface area contributed by atoms with E-state index in [9.17, 15) is 40.3 Å². The van der Waals surface area contributed by atoms with Gasteiger partial charge in [-0.25, -0.2) is 4.39 Å². The maximum Gasteiger partial charge on any atom is 0.416 e. The fourth-order valence-corrected chi connectivity index (χ4v) is 4.85. The minimum absolute atomic E-state index is 0.00644. The van der Waals surface area contributed by atoms with Gasteiger partial charge in [0.25, 0.3) is 11.5 Å². The van der Waals surface area contributed by atoms with Gasteiger partial charge in [-0.2, -0.15) is 26.3 Å². The molecule has 0 bridgehead atoms. The molecule has 208 valence electrons. The zero-order valence-electron chi connectivity index (χ0n) is 20.7. The molecule has 1 amide bonds. The third kappa shape index (κ3) is 4.89. The van der Waals surface area contributed by atoms with Crippen LogP contribution in [0.5, 0.6) is 5.75 Å². The predicted octanol–water partition coefficient (Wildman–Crippen LogP) is 6.51. The SMILES string of the molecule is CN(Cc1cc(C(F)(F)F)cc(C(F)(F)F)c1)C(=O)c1c(-c2cccc(F)c2)c2cccc3c2n(c1=O)CCO3. The Morgan fingerprint density at radius 3 is 2.23 bits per heavy atom. The molecule has 1 aliphatic heterocycles. The van der Waals surface area contributed by atoms with E-state index in [4.69, 9.17) is 4.74 Å². The molecule has 2 heterocycles. The van der Waals surface area contributed by atoms with Gasteiger partial charge in [-0.05, 0) is 47.5 Å². The number of ether oxygens (including phenoxy) is 1. The van der Waals surface area contributed by atoms with Crippen LogP contribution in [0, 0.1) is 5.82 Å². The average molecular weight is 564 g/mol. The van der Waals surface area contributed by atoms with Crippen molar-refractivity contribution < 1.29 is 40.3 Å². The van der Waals surface area contributed by atoms with Gasteiger partial charge in [0.15, 0.2) is 0 Å². The molecule has 0 atom stereocenters. The Kier molecular flexibility index (Phi) is 6.59. The standard InChI is InChI=1S/C28H19F7N2O3/c1-36(14-15-10-17(27(30,31)32)13-18(11-15)28(33,34)35)25(38)23-22(16-4-2-5-19(29)12-16)20-6-3-7-21-24(20)37(26(23)39)8-9-40-21/h2-7,10-13H,8-9,14H2,1H3. The molecule has 1 aromatic heterocycles. The lowest BCUT2D eigenvalue weighted by molar-refractivity contribution is -0.143. The van der Waals surface area contributed by atoms with Gasteiger partial charge < -0.3 is 14.2 Å². The fraction of sp³-hybridized carbons (Fsp3) is 0.214. The van der Waals surface area contributed by atoms with Gasteiger partial charge in [-0.15, -0.1) is 0 Å². The zero-order valence-corrected chi connectivity index (χ0v) is 20.7. The van der Waals surface area contributed by atoms with E-state index in [-0.39, 0.29) is 30.3 Å². The number of benzene rings is 3. The molecule has 0 radical (unpaired) electrons. The Labute approximate surface area is 222 Å². The number of hydrogen-bond acceptors (Lipinski definition) is 3. The van der Waals surface area contributed by atoms with E-state index in [1.807, 2.05) is 0 Å². The summed E-state index contributed by atoms with van der Waals surface area (Å²) in [6.07, 6.45) is -10.1. The van der Waals surface area contributed by atoms with Gasteiger partial charge in [0.2, 0.25) is 0 Å². The maximum absolute atomic E-state index is 14.2. The summed E-state index contributed by atoms with van der Waals surface area (Å²) in [5.41, 5.74) is -4.01. The van der Waals surface area contributed by atoms with E-state index in [0.717, 1.165) is 18.0 Å². The van der Waals surface area contributed by atoms with Crippen LogP contribution in [-0.4, -0.2) is 29.0 Å². The van der Waals surface area contributed by atoms with Gasteiger partial charge in [0, 0.05) is 24.5 Å². The number of amides is 1. The molecule has 1 aliphatic rings. The molecular weight excluding hydrogens is 545 g/mol. The fourth-order valence-electron chi connectivity index (χ4n) is 4.85. The van der Waals surface area contributed by atoms with Crippen LogP contribution >= 0.6 is 0 Å². The highest BCUT2D eigenvalue weighted by atomic mass is 19.4. The topological polar surface area (TPSA) is 51.5 Å². The molecule has 0 saturated heterocycles. The smallest absolute Gasteiger partial charge is 0.416 e. The number of pyridine rings is 1. The van der Waals surface area contributed by atoms with E-state index in [2.05, 4.69) is 0 Å². The predicted molar refractivity (Wildman–Crippen MR) is 131 cm³/mol. The van der Waals surface area contributed by atoms with Crippen LogP contribution < -0.4 is 10.3 Å². The summed E-state index contributed by atoms with van der Waals surface area (Å²) in [4.78, 5) is 28.3. The molecule has 0 saturated carbocycles. The van der Waals surface area contributed by atoms with Crippen molar-refractivity contribution in [2.75, 3.05) is 13.7 Å². The average Bonchev–Trinajstić information content (AvgIpc) is 2.89. The summed E-state index contributed by atoms with van der Waals surface area (Å²) in [5, 5.41) is 0.387. The molecule has 0 aliphatic carbocycles. The molecule has 0 unspecified atom stereocenters. The van der Waals surface area contributed by atoms with Crippen molar-refractivity contribution in [1.82, 2.24) is 9.47 Å². The van der Waals surface area contributed by atoms with Crippen molar-refractivity contribution in [3.63, 3.8) is 0 Å². The molecule has 5 rings (SSSR count). The monoisotopic (exact) mass is 564 g/mol. The number of carbonyl (C=O) groups is 1. The molecular formula is C28H19F7N2O3. The summed E-state index contributed by atoms with van der Waals surface area (Å²) >= 11 is 0. The van der Waals surface area contributed by atoms with Crippen LogP contribution in [0.2, 0.25) is 0 Å². The summed E-state index contributed by atoms with van der Waals surface area (Å²) in [6, 6.07) is 11.1. The number of carbonyl (C=O) groups excluding carboxylic acids is 1. The highest BCUT2D eigenvalue weighted by Gasteiger charge is 2.37. The first-order valence-electron chi connectivity index (χ1n) is 11.9. The first-order valence-corrected chi connectivity index (χ1v) is 11.9. The lowest BCUT2D eigenvalue weighted by atomic mass is 9.94. The zero-order chi connectivity index (χ0) is 29.0. The quantitative estimate of drug-likeness (QED) is 0.266. The van der Waals surface area contributed by atoms with Crippen LogP contribution in [0.15, 0.2) is 65.5 Å². The number of alkyl halides is 6. The minimum Gasteiger partial charge on any atom is -0.490 e. The number of halogens is 7. The third-order valence-corrected chi connectivity index (χ3v) is 6.56. The van der Waals surface area contributed by atoms with E-state index >= 15 is 0 Å². The number of rotatable bonds is 4. The summed E-state index contributed by atoms with van der Waals surface area (Å²) in [7, 11) is 1.16. The van der Waals surface area contributed by atoms with Crippen LogP contribution in [-0.2, 0) is 25.4 Å². The third-order valence-electron chi connectivity index (χ3n) is 6.56. The Morgan fingerprint density at radius 1 is 0.950 bits per heavy atom. The first-order chi connectivity index (χ1) is 18.8. The van der Waals surface area contributed by atoms with E-state index in [1.54, 1.807) is 18.2 Å². The van der Waals surface area contributed by atoms with Crippen LogP contribution in [0.1, 0.15) is 27.0 Å². The highest BCUT2D eigenvalue weighted by molar-refractivity contribution is 6.09. The van der Waals surface area contributed by atoms with Crippen molar-refractivity contribution >= 4 is 16.8 Å². The highest BCUT2D eigenvalue weighted by Crippen LogP contribution is 2.38. The molecule has 3 aromatic carbocycles. The second kappa shape index (κ2) is 9.68. The van der Waals surface area contributed by atoms with Gasteiger partial charge in [0.1, 0.15) is 23.7 Å². The van der Waals surface area contributed by atoms with Gasteiger partial charge >= 0.3 is 12.4 Å². The van der Waals surface area contributed by atoms with E-state index in [0.29, 0.717) is 28.8 Å². The van der Waals surface area contributed by atoms with Crippen LogP contribution in [0.4, 0.5) is 30.7 Å². The number of hydrogen-bond donors (Lipinski definition) is 0. The molecule has 0 fully saturated rings. The van der Waals surface area contributed by atoms with Crippen molar-refractivity contribution in [3.05, 3.63) is 99.1 Å². The number of aromatic nitrogens is 1. The van der Waals surface area contributed by atoms with Crippen LogP contribution in [0.25, 0.3) is 22.0 Å². The molecule has 40 heavy (non-hydrogen) atoms.